The van der Waals surface area contributed by atoms with Crippen LogP contribution in [0.4, 0.5) is 5.69 Å². The zero-order valence-electron chi connectivity index (χ0n) is 16.1. The van der Waals surface area contributed by atoms with Crippen LogP contribution in [-0.4, -0.2) is 30.1 Å². The van der Waals surface area contributed by atoms with E-state index in [-0.39, 0.29) is 12.5 Å². The molecule has 0 aliphatic heterocycles. The van der Waals surface area contributed by atoms with Crippen molar-refractivity contribution in [3.8, 4) is 0 Å². The predicted molar refractivity (Wildman–Crippen MR) is 107 cm³/mol. The minimum atomic E-state index is -0.546. The van der Waals surface area contributed by atoms with Crippen molar-refractivity contribution in [2.45, 2.75) is 20.8 Å². The fourth-order valence-corrected chi connectivity index (χ4v) is 2.24. The lowest BCUT2D eigenvalue weighted by Gasteiger charge is -2.10. The number of nitrogens with one attached hydrogen (secondary N) is 2. The highest BCUT2D eigenvalue weighted by Gasteiger charge is 2.17. The summed E-state index contributed by atoms with van der Waals surface area (Å²) in [7, 11) is 0. The summed E-state index contributed by atoms with van der Waals surface area (Å²) in [5, 5.41) is 6.73. The molecule has 0 saturated carbocycles. The van der Waals surface area contributed by atoms with Crippen LogP contribution in [0.1, 0.15) is 41.5 Å². The van der Waals surface area contributed by atoms with E-state index in [4.69, 9.17) is 4.74 Å². The fourth-order valence-electron chi connectivity index (χ4n) is 2.24. The molecule has 2 rings (SSSR count). The number of hydrazone groups is 1. The lowest BCUT2D eigenvalue weighted by atomic mass is 10.1. The van der Waals surface area contributed by atoms with Crippen LogP contribution in [0.5, 0.6) is 0 Å². The summed E-state index contributed by atoms with van der Waals surface area (Å²) >= 11 is 0. The lowest BCUT2D eigenvalue weighted by Crippen LogP contribution is -2.25. The van der Waals surface area contributed by atoms with Gasteiger partial charge in [-0.3, -0.25) is 14.4 Å². The molecular weight excluding hydrogens is 358 g/mol. The minimum absolute atomic E-state index is 0.231. The SMILES string of the molecule is CCOC(=O)C(C)/C(C)=N\NC(=O)c1ccc(NC(=O)c2ccccc2)cc1. The Morgan fingerprint density at radius 2 is 1.57 bits per heavy atom. The van der Waals surface area contributed by atoms with Gasteiger partial charge >= 0.3 is 5.97 Å². The number of rotatable bonds is 7. The molecule has 28 heavy (non-hydrogen) atoms. The number of anilines is 1. The van der Waals surface area contributed by atoms with Crippen molar-refractivity contribution in [2.75, 3.05) is 11.9 Å². The molecule has 0 aromatic heterocycles. The molecule has 0 aliphatic rings. The van der Waals surface area contributed by atoms with Crippen LogP contribution in [0.2, 0.25) is 0 Å². The molecule has 0 aliphatic carbocycles. The molecule has 2 aromatic rings. The maximum Gasteiger partial charge on any atom is 0.314 e. The second kappa shape index (κ2) is 10.0. The van der Waals surface area contributed by atoms with Gasteiger partial charge in [0.2, 0.25) is 0 Å². The highest BCUT2D eigenvalue weighted by molar-refractivity contribution is 6.05. The van der Waals surface area contributed by atoms with Gasteiger partial charge in [-0.25, -0.2) is 5.43 Å². The first kappa shape index (κ1) is 20.8. The van der Waals surface area contributed by atoms with E-state index >= 15 is 0 Å². The number of amides is 2. The number of hydrogen-bond donors (Lipinski definition) is 2. The van der Waals surface area contributed by atoms with Gasteiger partial charge in [0, 0.05) is 22.5 Å². The van der Waals surface area contributed by atoms with E-state index in [1.807, 2.05) is 6.07 Å². The topological polar surface area (TPSA) is 96.9 Å². The minimum Gasteiger partial charge on any atom is -0.465 e. The van der Waals surface area contributed by atoms with Crippen LogP contribution in [0, 0.1) is 5.92 Å². The van der Waals surface area contributed by atoms with Gasteiger partial charge in [-0.1, -0.05) is 18.2 Å². The number of hydrogen-bond acceptors (Lipinski definition) is 5. The Hall–Kier alpha value is -3.48. The molecule has 0 saturated heterocycles. The van der Waals surface area contributed by atoms with Gasteiger partial charge in [-0.05, 0) is 57.2 Å². The van der Waals surface area contributed by atoms with Gasteiger partial charge in [-0.15, -0.1) is 0 Å². The number of benzene rings is 2. The Morgan fingerprint density at radius 3 is 2.18 bits per heavy atom. The number of ether oxygens (including phenoxy) is 1. The summed E-state index contributed by atoms with van der Waals surface area (Å²) in [6.45, 7) is 5.32. The summed E-state index contributed by atoms with van der Waals surface area (Å²) in [4.78, 5) is 36.0. The van der Waals surface area contributed by atoms with Crippen molar-refractivity contribution in [1.29, 1.82) is 0 Å². The van der Waals surface area contributed by atoms with Gasteiger partial charge in [0.25, 0.3) is 11.8 Å². The third-order valence-corrected chi connectivity index (χ3v) is 4.04. The van der Waals surface area contributed by atoms with Crippen molar-refractivity contribution < 1.29 is 19.1 Å². The largest absolute Gasteiger partial charge is 0.465 e. The van der Waals surface area contributed by atoms with Crippen molar-refractivity contribution in [1.82, 2.24) is 5.43 Å². The van der Waals surface area contributed by atoms with Gasteiger partial charge < -0.3 is 10.1 Å². The molecule has 0 radical (unpaired) electrons. The van der Waals surface area contributed by atoms with Crippen LogP contribution in [0.15, 0.2) is 59.7 Å². The number of nitrogens with zero attached hydrogens (tertiary/aromatic N) is 1. The molecule has 0 fully saturated rings. The van der Waals surface area contributed by atoms with Gasteiger partial charge in [-0.2, -0.15) is 5.10 Å². The molecule has 2 amide bonds. The highest BCUT2D eigenvalue weighted by Crippen LogP contribution is 2.12. The second-order valence-corrected chi connectivity index (χ2v) is 6.07. The van der Waals surface area contributed by atoms with Crippen molar-refractivity contribution in [2.24, 2.45) is 11.0 Å². The highest BCUT2D eigenvalue weighted by atomic mass is 16.5. The number of carbonyl (C=O) groups is 3. The maximum absolute atomic E-state index is 12.2. The zero-order chi connectivity index (χ0) is 20.5. The number of carbonyl (C=O) groups excluding carboxylic acids is 3. The van der Waals surface area contributed by atoms with Gasteiger partial charge in [0.05, 0.1) is 12.5 Å². The first-order valence-corrected chi connectivity index (χ1v) is 8.90. The van der Waals surface area contributed by atoms with E-state index in [9.17, 15) is 14.4 Å². The summed E-state index contributed by atoms with van der Waals surface area (Å²) in [6, 6.07) is 15.3. The Bertz CT molecular complexity index is 861. The average molecular weight is 381 g/mol. The molecule has 1 unspecified atom stereocenters. The Morgan fingerprint density at radius 1 is 0.964 bits per heavy atom. The van der Waals surface area contributed by atoms with E-state index in [0.29, 0.717) is 22.5 Å². The van der Waals surface area contributed by atoms with E-state index in [0.717, 1.165) is 0 Å². The lowest BCUT2D eigenvalue weighted by molar-refractivity contribution is -0.145. The first-order chi connectivity index (χ1) is 13.4. The van der Waals surface area contributed by atoms with Crippen molar-refractivity contribution in [3.63, 3.8) is 0 Å². The molecular formula is C21H23N3O4. The Kier molecular flexibility index (Phi) is 7.45. The summed E-state index contributed by atoms with van der Waals surface area (Å²) in [5.74, 6) is -1.59. The molecule has 0 heterocycles. The quantitative estimate of drug-likeness (QED) is 0.437. The van der Waals surface area contributed by atoms with Gasteiger partial charge in [0.1, 0.15) is 0 Å². The van der Waals surface area contributed by atoms with Crippen molar-refractivity contribution >= 4 is 29.2 Å². The van der Waals surface area contributed by atoms with Crippen LogP contribution < -0.4 is 10.7 Å². The smallest absolute Gasteiger partial charge is 0.314 e. The molecule has 0 bridgehead atoms. The summed E-state index contributed by atoms with van der Waals surface area (Å²) in [5.41, 5.74) is 4.35. The first-order valence-electron chi connectivity index (χ1n) is 8.90. The molecule has 7 nitrogen and oxygen atoms in total. The average Bonchev–Trinajstić information content (AvgIpc) is 2.72. The molecule has 0 spiro atoms. The Labute approximate surface area is 163 Å². The van der Waals surface area contributed by atoms with Crippen LogP contribution in [-0.2, 0) is 9.53 Å². The van der Waals surface area contributed by atoms with Crippen LogP contribution >= 0.6 is 0 Å². The van der Waals surface area contributed by atoms with Crippen LogP contribution in [0.25, 0.3) is 0 Å². The molecule has 2 aromatic carbocycles. The molecule has 146 valence electrons. The summed E-state index contributed by atoms with van der Waals surface area (Å²) < 4.78 is 4.93. The predicted octanol–water partition coefficient (Wildman–Crippen LogP) is 3.24. The standard InChI is InChI=1S/C21H23N3O4/c1-4-28-21(27)14(2)15(3)23-24-20(26)17-10-12-18(13-11-17)22-19(25)16-8-6-5-7-9-16/h5-14H,4H2,1-3H3,(H,22,25)(H,24,26)/b23-15-. The van der Waals surface area contributed by atoms with Crippen LogP contribution in [0.3, 0.4) is 0 Å². The fraction of sp³-hybridized carbons (Fsp3) is 0.238. The van der Waals surface area contributed by atoms with Crippen molar-refractivity contribution in [3.05, 3.63) is 65.7 Å². The van der Waals surface area contributed by atoms with E-state index < -0.39 is 17.8 Å². The monoisotopic (exact) mass is 381 g/mol. The van der Waals surface area contributed by atoms with E-state index in [1.165, 1.54) is 0 Å². The maximum atomic E-state index is 12.2. The van der Waals surface area contributed by atoms with E-state index in [2.05, 4.69) is 15.8 Å². The van der Waals surface area contributed by atoms with Gasteiger partial charge in [0.15, 0.2) is 0 Å². The second-order valence-electron chi connectivity index (χ2n) is 6.07. The Balaban J connectivity index is 1.95. The molecule has 1 atom stereocenters. The molecule has 2 N–H and O–H groups in total. The third kappa shape index (κ3) is 5.77. The summed E-state index contributed by atoms with van der Waals surface area (Å²) in [6.07, 6.45) is 0. The van der Waals surface area contributed by atoms with E-state index in [1.54, 1.807) is 69.3 Å². The zero-order valence-corrected chi connectivity index (χ0v) is 16.1. The third-order valence-electron chi connectivity index (χ3n) is 4.04. The normalized spacial score (nSPS) is 12.0. The molecule has 7 heteroatoms. The number of esters is 1.